The van der Waals surface area contributed by atoms with Gasteiger partial charge in [-0.15, -0.1) is 0 Å². The molecule has 17 heavy (non-hydrogen) atoms. The normalized spacial score (nSPS) is 11.1. The highest BCUT2D eigenvalue weighted by Crippen LogP contribution is 2.11. The lowest BCUT2D eigenvalue weighted by Gasteiger charge is -2.27. The van der Waals surface area contributed by atoms with Crippen LogP contribution in [0.1, 0.15) is 47.0 Å². The predicted octanol–water partition coefficient (Wildman–Crippen LogP) is 2.50. The molecule has 0 saturated heterocycles. The molecule has 0 rings (SSSR count). The highest BCUT2D eigenvalue weighted by molar-refractivity contribution is 5.70. The second kappa shape index (κ2) is 7.14. The Morgan fingerprint density at radius 3 is 2.24 bits per heavy atom. The Balaban J connectivity index is 4.33. The summed E-state index contributed by atoms with van der Waals surface area (Å²) in [5, 5.41) is 8.62. The van der Waals surface area contributed by atoms with E-state index in [2.05, 4.69) is 0 Å². The zero-order chi connectivity index (χ0) is 13.5. The van der Waals surface area contributed by atoms with Crippen molar-refractivity contribution in [2.75, 3.05) is 13.1 Å². The molecule has 5 nitrogen and oxygen atoms in total. The zero-order valence-electron chi connectivity index (χ0n) is 11.2. The number of aliphatic carboxylic acids is 1. The smallest absolute Gasteiger partial charge is 0.410 e. The fraction of sp³-hybridized carbons (Fsp3) is 0.833. The van der Waals surface area contributed by atoms with Crippen LogP contribution in [-0.2, 0) is 9.53 Å². The minimum absolute atomic E-state index is 0.0526. The minimum Gasteiger partial charge on any atom is -0.481 e. The molecule has 1 amide bonds. The van der Waals surface area contributed by atoms with Crippen LogP contribution >= 0.6 is 0 Å². The molecule has 1 N–H and O–H groups in total. The molecular weight excluding hydrogens is 222 g/mol. The average Bonchev–Trinajstić information content (AvgIpc) is 2.14. The molecule has 0 aliphatic carbocycles. The van der Waals surface area contributed by atoms with Crippen LogP contribution in [0.3, 0.4) is 0 Å². The van der Waals surface area contributed by atoms with Crippen molar-refractivity contribution in [1.82, 2.24) is 4.90 Å². The summed E-state index contributed by atoms with van der Waals surface area (Å²) in [5.74, 6) is -0.907. The van der Waals surface area contributed by atoms with E-state index in [1.807, 2.05) is 6.92 Å². The largest absolute Gasteiger partial charge is 0.481 e. The standard InChI is InChI=1S/C12H23NO4/c1-5-6-8-13(9-7-10(14)15)11(16)17-12(2,3)4/h5-9H2,1-4H3,(H,14,15). The maximum Gasteiger partial charge on any atom is 0.410 e. The van der Waals surface area contributed by atoms with Crippen LogP contribution in [0.5, 0.6) is 0 Å². The second-order valence-electron chi connectivity index (χ2n) is 4.96. The van der Waals surface area contributed by atoms with E-state index in [0.717, 1.165) is 12.8 Å². The van der Waals surface area contributed by atoms with Gasteiger partial charge in [-0.2, -0.15) is 0 Å². The summed E-state index contributed by atoms with van der Waals surface area (Å²) in [6.07, 6.45) is 1.31. The second-order valence-corrected chi connectivity index (χ2v) is 4.96. The third kappa shape index (κ3) is 8.54. The van der Waals surface area contributed by atoms with Crippen LogP contribution in [-0.4, -0.2) is 40.8 Å². The van der Waals surface area contributed by atoms with Crippen molar-refractivity contribution in [3.05, 3.63) is 0 Å². The fourth-order valence-electron chi connectivity index (χ4n) is 1.20. The van der Waals surface area contributed by atoms with E-state index in [0.29, 0.717) is 6.54 Å². The van der Waals surface area contributed by atoms with Crippen molar-refractivity contribution in [2.45, 2.75) is 52.6 Å². The first-order valence-corrected chi connectivity index (χ1v) is 5.96. The Labute approximate surface area is 103 Å². The fourth-order valence-corrected chi connectivity index (χ4v) is 1.20. The topological polar surface area (TPSA) is 66.8 Å². The van der Waals surface area contributed by atoms with Gasteiger partial charge in [-0.25, -0.2) is 4.79 Å². The third-order valence-electron chi connectivity index (χ3n) is 2.03. The maximum atomic E-state index is 11.8. The molecule has 0 bridgehead atoms. The van der Waals surface area contributed by atoms with Gasteiger partial charge in [-0.1, -0.05) is 13.3 Å². The van der Waals surface area contributed by atoms with Crippen LogP contribution in [0.4, 0.5) is 4.79 Å². The van der Waals surface area contributed by atoms with Crippen LogP contribution in [0.15, 0.2) is 0 Å². The molecule has 0 spiro atoms. The zero-order valence-corrected chi connectivity index (χ0v) is 11.2. The first kappa shape index (κ1) is 15.7. The van der Waals surface area contributed by atoms with Crippen molar-refractivity contribution in [3.8, 4) is 0 Å². The number of rotatable bonds is 6. The summed E-state index contributed by atoms with van der Waals surface area (Å²) in [6.45, 7) is 8.13. The van der Waals surface area contributed by atoms with Gasteiger partial charge in [0.05, 0.1) is 6.42 Å². The molecule has 0 radical (unpaired) electrons. The van der Waals surface area contributed by atoms with Gasteiger partial charge in [0.2, 0.25) is 0 Å². The predicted molar refractivity (Wildman–Crippen MR) is 65.0 cm³/mol. The lowest BCUT2D eigenvalue weighted by Crippen LogP contribution is -2.38. The van der Waals surface area contributed by atoms with E-state index >= 15 is 0 Å². The van der Waals surface area contributed by atoms with E-state index in [-0.39, 0.29) is 13.0 Å². The summed E-state index contributed by atoms with van der Waals surface area (Å²) in [4.78, 5) is 23.8. The lowest BCUT2D eigenvalue weighted by atomic mass is 10.2. The molecule has 0 aromatic carbocycles. The molecule has 0 fully saturated rings. The summed E-state index contributed by atoms with van der Waals surface area (Å²) in [6, 6.07) is 0. The first-order valence-electron chi connectivity index (χ1n) is 5.96. The van der Waals surface area contributed by atoms with Crippen molar-refractivity contribution in [1.29, 1.82) is 0 Å². The van der Waals surface area contributed by atoms with Gasteiger partial charge in [0, 0.05) is 13.1 Å². The van der Waals surface area contributed by atoms with Gasteiger partial charge in [0.15, 0.2) is 0 Å². The number of carbonyl (C=O) groups is 2. The molecule has 0 aliphatic heterocycles. The molecule has 0 aromatic heterocycles. The minimum atomic E-state index is -0.907. The molecule has 100 valence electrons. The summed E-state index contributed by atoms with van der Waals surface area (Å²) in [7, 11) is 0. The summed E-state index contributed by atoms with van der Waals surface area (Å²) < 4.78 is 5.22. The number of hydrogen-bond donors (Lipinski definition) is 1. The molecule has 0 unspecified atom stereocenters. The molecule has 0 atom stereocenters. The highest BCUT2D eigenvalue weighted by Gasteiger charge is 2.21. The molecule has 0 heterocycles. The molecule has 0 aliphatic rings. The van der Waals surface area contributed by atoms with Gasteiger partial charge < -0.3 is 14.7 Å². The Morgan fingerprint density at radius 1 is 1.24 bits per heavy atom. The number of hydrogen-bond acceptors (Lipinski definition) is 3. The van der Waals surface area contributed by atoms with Gasteiger partial charge >= 0.3 is 12.1 Å². The molecule has 0 saturated carbocycles. The Bertz CT molecular complexity index is 258. The molecular formula is C12H23NO4. The van der Waals surface area contributed by atoms with Crippen LogP contribution in [0.25, 0.3) is 0 Å². The van der Waals surface area contributed by atoms with E-state index < -0.39 is 17.7 Å². The van der Waals surface area contributed by atoms with E-state index in [1.165, 1.54) is 4.90 Å². The lowest BCUT2D eigenvalue weighted by molar-refractivity contribution is -0.137. The number of amides is 1. The third-order valence-corrected chi connectivity index (χ3v) is 2.03. The van der Waals surface area contributed by atoms with E-state index in [9.17, 15) is 9.59 Å². The SMILES string of the molecule is CCCCN(CCC(=O)O)C(=O)OC(C)(C)C. The van der Waals surface area contributed by atoms with Crippen molar-refractivity contribution < 1.29 is 19.4 Å². The first-order chi connectivity index (χ1) is 7.76. The molecule has 0 aromatic rings. The van der Waals surface area contributed by atoms with Crippen LogP contribution in [0, 0.1) is 0 Å². The van der Waals surface area contributed by atoms with E-state index in [1.54, 1.807) is 20.8 Å². The number of unbranched alkanes of at least 4 members (excludes halogenated alkanes) is 1. The van der Waals surface area contributed by atoms with Gasteiger partial charge in [-0.3, -0.25) is 4.79 Å². The van der Waals surface area contributed by atoms with Crippen LogP contribution < -0.4 is 0 Å². The summed E-state index contributed by atoms with van der Waals surface area (Å²) in [5.41, 5.74) is -0.551. The number of ether oxygens (including phenoxy) is 1. The maximum absolute atomic E-state index is 11.8. The highest BCUT2D eigenvalue weighted by atomic mass is 16.6. The Morgan fingerprint density at radius 2 is 1.82 bits per heavy atom. The number of carboxylic acid groups (broad SMARTS) is 1. The number of nitrogens with zero attached hydrogens (tertiary/aromatic N) is 1. The number of carboxylic acids is 1. The van der Waals surface area contributed by atoms with Crippen LogP contribution in [0.2, 0.25) is 0 Å². The summed E-state index contributed by atoms with van der Waals surface area (Å²) >= 11 is 0. The quantitative estimate of drug-likeness (QED) is 0.780. The molecule has 5 heteroatoms. The van der Waals surface area contributed by atoms with Gasteiger partial charge in [-0.05, 0) is 27.2 Å². The monoisotopic (exact) mass is 245 g/mol. The van der Waals surface area contributed by atoms with E-state index in [4.69, 9.17) is 9.84 Å². The van der Waals surface area contributed by atoms with Crippen molar-refractivity contribution in [3.63, 3.8) is 0 Å². The van der Waals surface area contributed by atoms with Gasteiger partial charge in [0.1, 0.15) is 5.60 Å². The van der Waals surface area contributed by atoms with Crippen molar-refractivity contribution >= 4 is 12.1 Å². The number of carbonyl (C=O) groups excluding carboxylic acids is 1. The Kier molecular flexibility index (Phi) is 6.61. The van der Waals surface area contributed by atoms with Gasteiger partial charge in [0.25, 0.3) is 0 Å². The average molecular weight is 245 g/mol. The Hall–Kier alpha value is -1.26. The van der Waals surface area contributed by atoms with Crippen molar-refractivity contribution in [2.24, 2.45) is 0 Å².